The van der Waals surface area contributed by atoms with Crippen LogP contribution >= 0.6 is 15.9 Å². The lowest BCUT2D eigenvalue weighted by Gasteiger charge is -2.17. The zero-order valence-corrected chi connectivity index (χ0v) is 12.3. The van der Waals surface area contributed by atoms with Crippen molar-refractivity contribution in [2.24, 2.45) is 0 Å². The van der Waals surface area contributed by atoms with Crippen molar-refractivity contribution in [2.75, 3.05) is 7.05 Å². The highest BCUT2D eigenvalue weighted by molar-refractivity contribution is 9.10. The lowest BCUT2D eigenvalue weighted by atomic mass is 9.99. The summed E-state index contributed by atoms with van der Waals surface area (Å²) in [6, 6.07) is 7.95. The lowest BCUT2D eigenvalue weighted by Crippen LogP contribution is -2.19. The topological polar surface area (TPSA) is 12.0 Å². The van der Waals surface area contributed by atoms with Crippen LogP contribution < -0.4 is 5.32 Å². The number of halogens is 4. The largest absolute Gasteiger partial charge is 0.313 e. The zero-order chi connectivity index (χ0) is 14.7. The first-order valence-electron chi connectivity index (χ1n) is 6.07. The predicted octanol–water partition coefficient (Wildman–Crippen LogP) is 4.37. The van der Waals surface area contributed by atoms with E-state index in [1.54, 1.807) is 19.2 Å². The highest BCUT2D eigenvalue weighted by Gasteiger charge is 2.13. The molecule has 0 spiro atoms. The molecule has 20 heavy (non-hydrogen) atoms. The molecule has 1 nitrogen and oxygen atoms in total. The van der Waals surface area contributed by atoms with Crippen molar-refractivity contribution in [3.63, 3.8) is 0 Å². The fourth-order valence-electron chi connectivity index (χ4n) is 2.08. The minimum absolute atomic E-state index is 0.223. The van der Waals surface area contributed by atoms with Crippen LogP contribution in [0.25, 0.3) is 0 Å². The van der Waals surface area contributed by atoms with Crippen LogP contribution in [0.5, 0.6) is 0 Å². The normalized spacial score (nSPS) is 12.4. The van der Waals surface area contributed by atoms with Gasteiger partial charge in [0.1, 0.15) is 17.5 Å². The maximum atomic E-state index is 13.5. The van der Waals surface area contributed by atoms with Gasteiger partial charge in [-0.1, -0.05) is 6.07 Å². The molecule has 2 aromatic rings. The smallest absolute Gasteiger partial charge is 0.137 e. The van der Waals surface area contributed by atoms with E-state index in [1.807, 2.05) is 0 Å². The summed E-state index contributed by atoms with van der Waals surface area (Å²) in [5.41, 5.74) is 1.24. The van der Waals surface area contributed by atoms with Gasteiger partial charge in [0.05, 0.1) is 4.47 Å². The fourth-order valence-corrected chi connectivity index (χ4v) is 2.33. The van der Waals surface area contributed by atoms with Crippen LogP contribution in [0, 0.1) is 17.5 Å². The van der Waals surface area contributed by atoms with Gasteiger partial charge in [-0.2, -0.15) is 0 Å². The summed E-state index contributed by atoms with van der Waals surface area (Å²) in [4.78, 5) is 0. The third kappa shape index (κ3) is 3.61. The molecule has 1 unspecified atom stereocenters. The number of rotatable bonds is 4. The minimum Gasteiger partial charge on any atom is -0.313 e. The number of hydrogen-bond acceptors (Lipinski definition) is 1. The van der Waals surface area contributed by atoms with E-state index in [0.717, 1.165) is 11.6 Å². The van der Waals surface area contributed by atoms with E-state index >= 15 is 0 Å². The van der Waals surface area contributed by atoms with Gasteiger partial charge in [-0.3, -0.25) is 0 Å². The van der Waals surface area contributed by atoms with E-state index in [1.165, 1.54) is 18.2 Å². The van der Waals surface area contributed by atoms with Crippen LogP contribution in [0.3, 0.4) is 0 Å². The van der Waals surface area contributed by atoms with Crippen LogP contribution in [0.4, 0.5) is 13.2 Å². The van der Waals surface area contributed by atoms with E-state index in [-0.39, 0.29) is 11.9 Å². The number of benzene rings is 2. The van der Waals surface area contributed by atoms with Crippen molar-refractivity contribution in [1.29, 1.82) is 0 Å². The van der Waals surface area contributed by atoms with Crippen molar-refractivity contribution in [1.82, 2.24) is 5.32 Å². The number of likely N-dealkylation sites (N-methyl/N-ethyl adjacent to an activating group) is 1. The molecule has 0 amide bonds. The van der Waals surface area contributed by atoms with Crippen molar-refractivity contribution in [3.8, 4) is 0 Å². The van der Waals surface area contributed by atoms with Gasteiger partial charge >= 0.3 is 0 Å². The Hall–Kier alpha value is -1.33. The summed E-state index contributed by atoms with van der Waals surface area (Å²) in [5.74, 6) is -1.60. The van der Waals surface area contributed by atoms with E-state index < -0.39 is 11.6 Å². The molecule has 106 valence electrons. The Morgan fingerprint density at radius 2 is 1.70 bits per heavy atom. The van der Waals surface area contributed by atoms with Crippen molar-refractivity contribution >= 4 is 15.9 Å². The number of nitrogens with one attached hydrogen (secondary N) is 1. The number of hydrogen-bond donors (Lipinski definition) is 1. The third-order valence-corrected chi connectivity index (χ3v) is 3.70. The molecule has 2 rings (SSSR count). The van der Waals surface area contributed by atoms with Crippen LogP contribution in [0.15, 0.2) is 40.9 Å². The van der Waals surface area contributed by atoms with E-state index in [4.69, 9.17) is 0 Å². The molecule has 1 atom stereocenters. The monoisotopic (exact) mass is 343 g/mol. The van der Waals surface area contributed by atoms with E-state index in [9.17, 15) is 13.2 Å². The van der Waals surface area contributed by atoms with Gasteiger partial charge in [0.25, 0.3) is 0 Å². The molecule has 0 heterocycles. The lowest BCUT2D eigenvalue weighted by molar-refractivity contribution is 0.557. The van der Waals surface area contributed by atoms with Gasteiger partial charge in [0.15, 0.2) is 0 Å². The molecule has 1 N–H and O–H groups in total. The first kappa shape index (κ1) is 15.1. The van der Waals surface area contributed by atoms with Crippen LogP contribution in [-0.2, 0) is 6.42 Å². The fraction of sp³-hybridized carbons (Fsp3) is 0.200. The van der Waals surface area contributed by atoms with Crippen LogP contribution in [-0.4, -0.2) is 7.05 Å². The molecule has 0 aliphatic rings. The summed E-state index contributed by atoms with van der Waals surface area (Å²) in [7, 11) is 1.72. The second-order valence-electron chi connectivity index (χ2n) is 4.50. The summed E-state index contributed by atoms with van der Waals surface area (Å²) in [5, 5.41) is 3.03. The molecule has 0 aliphatic carbocycles. The Labute approximate surface area is 123 Å². The van der Waals surface area contributed by atoms with Gasteiger partial charge in [0, 0.05) is 12.1 Å². The van der Waals surface area contributed by atoms with E-state index in [0.29, 0.717) is 16.5 Å². The summed E-state index contributed by atoms with van der Waals surface area (Å²) in [6.07, 6.45) is 0.367. The van der Waals surface area contributed by atoms with Crippen molar-refractivity contribution in [2.45, 2.75) is 12.5 Å². The molecular formula is C15H13BrF3N. The summed E-state index contributed by atoms with van der Waals surface area (Å²) < 4.78 is 40.3. The molecule has 0 fully saturated rings. The minimum atomic E-state index is -0.614. The Bertz CT molecular complexity index is 596. The maximum absolute atomic E-state index is 13.5. The average molecular weight is 344 g/mol. The molecule has 0 saturated heterocycles. The van der Waals surface area contributed by atoms with E-state index in [2.05, 4.69) is 21.2 Å². The van der Waals surface area contributed by atoms with Gasteiger partial charge < -0.3 is 5.32 Å². The quantitative estimate of drug-likeness (QED) is 0.869. The molecule has 0 bridgehead atoms. The average Bonchev–Trinajstić information content (AvgIpc) is 2.38. The highest BCUT2D eigenvalue weighted by atomic mass is 79.9. The summed E-state index contributed by atoms with van der Waals surface area (Å²) >= 11 is 3.09. The first-order chi connectivity index (χ1) is 9.49. The van der Waals surface area contributed by atoms with Crippen molar-refractivity contribution in [3.05, 3.63) is 69.4 Å². The van der Waals surface area contributed by atoms with Gasteiger partial charge in [-0.25, -0.2) is 13.2 Å². The van der Waals surface area contributed by atoms with Gasteiger partial charge in [0.2, 0.25) is 0 Å². The van der Waals surface area contributed by atoms with Crippen LogP contribution in [0.2, 0.25) is 0 Å². The second-order valence-corrected chi connectivity index (χ2v) is 5.35. The molecule has 0 aromatic heterocycles. The molecule has 0 aliphatic heterocycles. The second kappa shape index (κ2) is 6.41. The van der Waals surface area contributed by atoms with Gasteiger partial charge in [-0.05, 0) is 64.8 Å². The zero-order valence-electron chi connectivity index (χ0n) is 10.8. The molecular weight excluding hydrogens is 331 g/mol. The van der Waals surface area contributed by atoms with Gasteiger partial charge in [-0.15, -0.1) is 0 Å². The first-order valence-corrected chi connectivity index (χ1v) is 6.86. The third-order valence-electron chi connectivity index (χ3n) is 3.06. The Kier molecular flexibility index (Phi) is 4.83. The Morgan fingerprint density at radius 3 is 2.25 bits per heavy atom. The van der Waals surface area contributed by atoms with Crippen molar-refractivity contribution < 1.29 is 13.2 Å². The molecule has 2 aromatic carbocycles. The standard InChI is InChI=1S/C15H13BrF3N/c1-20-15(10-2-3-13(16)14(19)7-10)6-9-4-11(17)8-12(18)5-9/h2-5,7-8,15,20H,6H2,1H3. The Morgan fingerprint density at radius 1 is 1.05 bits per heavy atom. The molecule has 0 saturated carbocycles. The molecule has 0 radical (unpaired) electrons. The Balaban J connectivity index is 2.26. The van der Waals surface area contributed by atoms with Crippen LogP contribution in [0.1, 0.15) is 17.2 Å². The predicted molar refractivity (Wildman–Crippen MR) is 76.0 cm³/mol. The SMILES string of the molecule is CNC(Cc1cc(F)cc(F)c1)c1ccc(Br)c(F)c1. The highest BCUT2D eigenvalue weighted by Crippen LogP contribution is 2.23. The maximum Gasteiger partial charge on any atom is 0.137 e. The molecule has 5 heteroatoms. The summed E-state index contributed by atoms with van der Waals surface area (Å²) in [6.45, 7) is 0.